The van der Waals surface area contributed by atoms with Crippen LogP contribution in [-0.2, 0) is 25.5 Å². The molecule has 5 heteroatoms. The fraction of sp³-hybridized carbons (Fsp3) is 0.583. The third-order valence-corrected chi connectivity index (χ3v) is 2.16. The average Bonchev–Trinajstić information content (AvgIpc) is 2.84. The van der Waals surface area contributed by atoms with Crippen LogP contribution in [0.2, 0.25) is 0 Å². The molecule has 17 heavy (non-hydrogen) atoms. The Morgan fingerprint density at radius 2 is 1.82 bits per heavy atom. The summed E-state index contributed by atoms with van der Waals surface area (Å²) in [7, 11) is 1.62. The second kappa shape index (κ2) is 8.78. The molecule has 0 amide bonds. The molecule has 0 aliphatic rings. The predicted octanol–water partition coefficient (Wildman–Crippen LogP) is 1.08. The summed E-state index contributed by atoms with van der Waals surface area (Å²) >= 11 is 0. The largest absolute Gasteiger partial charge is 0.463 e. The summed E-state index contributed by atoms with van der Waals surface area (Å²) in [6, 6.07) is 3.85. The minimum atomic E-state index is -0.200. The number of aromatic nitrogens is 1. The van der Waals surface area contributed by atoms with Gasteiger partial charge in [-0.15, -0.1) is 0 Å². The van der Waals surface area contributed by atoms with Crippen molar-refractivity contribution >= 4 is 5.97 Å². The van der Waals surface area contributed by atoms with Crippen LogP contribution >= 0.6 is 0 Å². The topological polar surface area (TPSA) is 49.7 Å². The summed E-state index contributed by atoms with van der Waals surface area (Å²) in [5, 5.41) is 0. The van der Waals surface area contributed by atoms with E-state index in [1.807, 2.05) is 29.1 Å². The van der Waals surface area contributed by atoms with Crippen molar-refractivity contribution in [1.29, 1.82) is 0 Å². The number of ether oxygens (including phenoxy) is 3. The quantitative estimate of drug-likeness (QED) is 0.479. The van der Waals surface area contributed by atoms with Crippen molar-refractivity contribution in [3.05, 3.63) is 24.5 Å². The van der Waals surface area contributed by atoms with Crippen LogP contribution in [0.4, 0.5) is 0 Å². The molecule has 1 rings (SSSR count). The van der Waals surface area contributed by atoms with Crippen molar-refractivity contribution in [2.24, 2.45) is 0 Å². The van der Waals surface area contributed by atoms with Gasteiger partial charge in [0.05, 0.1) is 26.2 Å². The van der Waals surface area contributed by atoms with Crippen molar-refractivity contribution in [2.45, 2.75) is 13.0 Å². The Balaban J connectivity index is 1.94. The zero-order valence-electron chi connectivity index (χ0n) is 10.1. The molecule has 0 bridgehead atoms. The number of esters is 1. The highest BCUT2D eigenvalue weighted by Crippen LogP contribution is 1.95. The summed E-state index contributed by atoms with van der Waals surface area (Å²) in [6.45, 7) is 2.45. The fourth-order valence-corrected chi connectivity index (χ4v) is 1.27. The minimum Gasteiger partial charge on any atom is -0.463 e. The van der Waals surface area contributed by atoms with Gasteiger partial charge in [0.2, 0.25) is 0 Å². The summed E-state index contributed by atoms with van der Waals surface area (Å²) in [4.78, 5) is 11.3. The number of hydrogen-bond acceptors (Lipinski definition) is 4. The van der Waals surface area contributed by atoms with E-state index in [0.717, 1.165) is 0 Å². The van der Waals surface area contributed by atoms with Gasteiger partial charge in [-0.1, -0.05) is 0 Å². The van der Waals surface area contributed by atoms with Crippen LogP contribution in [0, 0.1) is 0 Å². The molecule has 0 spiro atoms. The summed E-state index contributed by atoms with van der Waals surface area (Å²) in [6.07, 6.45) is 4.22. The SMILES string of the molecule is COCCOCCOC(=O)CCn1cccc1. The lowest BCUT2D eigenvalue weighted by atomic mass is 10.4. The lowest BCUT2D eigenvalue weighted by Crippen LogP contribution is -2.13. The van der Waals surface area contributed by atoms with E-state index in [4.69, 9.17) is 14.2 Å². The molecule has 1 aromatic rings. The molecule has 0 fully saturated rings. The molecule has 1 heterocycles. The molecular formula is C12H19NO4. The number of aryl methyl sites for hydroxylation is 1. The molecule has 0 aliphatic carbocycles. The van der Waals surface area contributed by atoms with Crippen LogP contribution in [0.3, 0.4) is 0 Å². The Kier molecular flexibility index (Phi) is 7.09. The molecule has 5 nitrogen and oxygen atoms in total. The molecule has 1 aromatic heterocycles. The maximum Gasteiger partial charge on any atom is 0.307 e. The number of hydrogen-bond donors (Lipinski definition) is 0. The van der Waals surface area contributed by atoms with Crippen molar-refractivity contribution < 1.29 is 19.0 Å². The molecule has 0 radical (unpaired) electrons. The van der Waals surface area contributed by atoms with Crippen molar-refractivity contribution in [2.75, 3.05) is 33.5 Å². The third kappa shape index (κ3) is 6.76. The highest BCUT2D eigenvalue weighted by Gasteiger charge is 2.02. The summed E-state index contributed by atoms with van der Waals surface area (Å²) in [5.74, 6) is -0.200. The summed E-state index contributed by atoms with van der Waals surface area (Å²) < 4.78 is 16.9. The molecule has 0 saturated heterocycles. The van der Waals surface area contributed by atoms with Gasteiger partial charge < -0.3 is 18.8 Å². The standard InChI is InChI=1S/C12H19NO4/c1-15-8-9-16-10-11-17-12(14)4-7-13-5-2-3-6-13/h2-3,5-6H,4,7-11H2,1H3. The molecule has 0 aliphatic heterocycles. The van der Waals surface area contributed by atoms with Crippen molar-refractivity contribution in [3.8, 4) is 0 Å². The fourth-order valence-electron chi connectivity index (χ4n) is 1.27. The number of carbonyl (C=O) groups excluding carboxylic acids is 1. The third-order valence-electron chi connectivity index (χ3n) is 2.16. The molecule has 0 unspecified atom stereocenters. The first-order chi connectivity index (χ1) is 8.33. The molecule has 0 aromatic carbocycles. The zero-order valence-corrected chi connectivity index (χ0v) is 10.1. The monoisotopic (exact) mass is 241 g/mol. The van der Waals surface area contributed by atoms with Crippen LogP contribution in [0.1, 0.15) is 6.42 Å². The van der Waals surface area contributed by atoms with E-state index in [1.54, 1.807) is 7.11 Å². The van der Waals surface area contributed by atoms with Crippen molar-refractivity contribution in [1.82, 2.24) is 4.57 Å². The van der Waals surface area contributed by atoms with E-state index in [0.29, 0.717) is 39.4 Å². The Hall–Kier alpha value is -1.33. The van der Waals surface area contributed by atoms with Crippen LogP contribution in [0.25, 0.3) is 0 Å². The van der Waals surface area contributed by atoms with E-state index in [2.05, 4.69) is 0 Å². The van der Waals surface area contributed by atoms with Gasteiger partial charge in [0, 0.05) is 26.0 Å². The normalized spacial score (nSPS) is 10.4. The van der Waals surface area contributed by atoms with Gasteiger partial charge in [0.15, 0.2) is 0 Å². The van der Waals surface area contributed by atoms with Crippen molar-refractivity contribution in [3.63, 3.8) is 0 Å². The van der Waals surface area contributed by atoms with Gasteiger partial charge in [-0.05, 0) is 12.1 Å². The maximum absolute atomic E-state index is 11.3. The Morgan fingerprint density at radius 3 is 2.53 bits per heavy atom. The molecule has 0 N–H and O–H groups in total. The van der Waals surface area contributed by atoms with Crippen LogP contribution in [0.5, 0.6) is 0 Å². The second-order valence-electron chi connectivity index (χ2n) is 3.50. The first-order valence-electron chi connectivity index (χ1n) is 5.66. The lowest BCUT2D eigenvalue weighted by molar-refractivity contribution is -0.145. The zero-order chi connectivity index (χ0) is 12.3. The Bertz CT molecular complexity index is 297. The first kappa shape index (κ1) is 13.7. The number of carbonyl (C=O) groups is 1. The Morgan fingerprint density at radius 1 is 1.12 bits per heavy atom. The molecular weight excluding hydrogens is 222 g/mol. The molecule has 0 saturated carbocycles. The maximum atomic E-state index is 11.3. The van der Waals surface area contributed by atoms with E-state index in [-0.39, 0.29) is 5.97 Å². The van der Waals surface area contributed by atoms with Gasteiger partial charge in [0.1, 0.15) is 6.61 Å². The molecule has 96 valence electrons. The average molecular weight is 241 g/mol. The van der Waals surface area contributed by atoms with Gasteiger partial charge >= 0.3 is 5.97 Å². The van der Waals surface area contributed by atoms with E-state index >= 15 is 0 Å². The minimum absolute atomic E-state index is 0.200. The van der Waals surface area contributed by atoms with Crippen LogP contribution < -0.4 is 0 Å². The smallest absolute Gasteiger partial charge is 0.307 e. The summed E-state index contributed by atoms with van der Waals surface area (Å²) in [5.41, 5.74) is 0. The van der Waals surface area contributed by atoms with E-state index in [1.165, 1.54) is 0 Å². The first-order valence-corrected chi connectivity index (χ1v) is 5.66. The van der Waals surface area contributed by atoms with Crippen LogP contribution in [0.15, 0.2) is 24.5 Å². The van der Waals surface area contributed by atoms with E-state index < -0.39 is 0 Å². The number of nitrogens with zero attached hydrogens (tertiary/aromatic N) is 1. The predicted molar refractivity (Wildman–Crippen MR) is 62.7 cm³/mol. The Labute approximate surface area is 101 Å². The molecule has 0 atom stereocenters. The van der Waals surface area contributed by atoms with Gasteiger partial charge in [-0.25, -0.2) is 0 Å². The highest BCUT2D eigenvalue weighted by atomic mass is 16.6. The van der Waals surface area contributed by atoms with Gasteiger partial charge in [-0.3, -0.25) is 4.79 Å². The van der Waals surface area contributed by atoms with Gasteiger partial charge in [0.25, 0.3) is 0 Å². The second-order valence-corrected chi connectivity index (χ2v) is 3.50. The van der Waals surface area contributed by atoms with E-state index in [9.17, 15) is 4.79 Å². The number of methoxy groups -OCH3 is 1. The van der Waals surface area contributed by atoms with Gasteiger partial charge in [-0.2, -0.15) is 0 Å². The van der Waals surface area contributed by atoms with Crippen LogP contribution in [-0.4, -0.2) is 44.1 Å². The highest BCUT2D eigenvalue weighted by molar-refractivity contribution is 5.69. The number of rotatable bonds is 9. The lowest BCUT2D eigenvalue weighted by Gasteiger charge is -2.06.